The molecule has 0 unspecified atom stereocenters. The lowest BCUT2D eigenvalue weighted by Crippen LogP contribution is -2.31. The zero-order valence-corrected chi connectivity index (χ0v) is 13.8. The molecule has 2 heterocycles. The third-order valence-corrected chi connectivity index (χ3v) is 4.08. The number of aliphatic carboxylic acids is 1. The first-order valence-corrected chi connectivity index (χ1v) is 7.70. The molecule has 8 nitrogen and oxygen atoms in total. The minimum absolute atomic E-state index is 0.0332. The summed E-state index contributed by atoms with van der Waals surface area (Å²) in [6.45, 7) is 0.0332. The summed E-state index contributed by atoms with van der Waals surface area (Å²) in [7, 11) is 3.05. The first kappa shape index (κ1) is 17.0. The van der Waals surface area contributed by atoms with Crippen molar-refractivity contribution < 1.29 is 28.3 Å². The molecule has 9 heteroatoms. The number of ether oxygens (including phenoxy) is 2. The molecular formula is C16H18FN3O5. The Morgan fingerprint density at radius 3 is 2.84 bits per heavy atom. The van der Waals surface area contributed by atoms with Crippen LogP contribution in [0.4, 0.5) is 10.4 Å². The molecule has 1 aliphatic heterocycles. The Balaban J connectivity index is 1.86. The molecular weight excluding hydrogens is 333 g/mol. The quantitative estimate of drug-likeness (QED) is 0.845. The van der Waals surface area contributed by atoms with Gasteiger partial charge in [-0.05, 0) is 18.2 Å². The highest BCUT2D eigenvalue weighted by Gasteiger charge is 2.36. The Bertz CT molecular complexity index is 766. The number of alkyl halides is 1. The Kier molecular flexibility index (Phi) is 4.73. The highest BCUT2D eigenvalue weighted by Crippen LogP contribution is 2.33. The summed E-state index contributed by atoms with van der Waals surface area (Å²) in [4.78, 5) is 16.7. The highest BCUT2D eigenvalue weighted by atomic mass is 19.1. The van der Waals surface area contributed by atoms with E-state index in [0.717, 1.165) is 0 Å². The first-order chi connectivity index (χ1) is 12.0. The lowest BCUT2D eigenvalue weighted by molar-refractivity contribution is -0.137. The van der Waals surface area contributed by atoms with Crippen molar-refractivity contribution in [1.29, 1.82) is 0 Å². The van der Waals surface area contributed by atoms with Gasteiger partial charge in [0.1, 0.15) is 6.17 Å². The highest BCUT2D eigenvalue weighted by molar-refractivity contribution is 5.68. The molecule has 0 radical (unpaired) electrons. The Hall–Kier alpha value is -2.84. The van der Waals surface area contributed by atoms with Crippen LogP contribution in [0.25, 0.3) is 11.4 Å². The van der Waals surface area contributed by atoms with Gasteiger partial charge < -0.3 is 24.0 Å². The monoisotopic (exact) mass is 351 g/mol. The van der Waals surface area contributed by atoms with Crippen LogP contribution in [-0.4, -0.2) is 54.2 Å². The molecule has 1 fully saturated rings. The molecule has 134 valence electrons. The molecule has 1 N–H and O–H groups in total. The topological polar surface area (TPSA) is 97.9 Å². The van der Waals surface area contributed by atoms with E-state index in [1.807, 2.05) is 0 Å². The minimum Gasteiger partial charge on any atom is -0.493 e. The summed E-state index contributed by atoms with van der Waals surface area (Å²) >= 11 is 0. The second-order valence-corrected chi connectivity index (χ2v) is 5.71. The van der Waals surface area contributed by atoms with Crippen LogP contribution >= 0.6 is 0 Å². The van der Waals surface area contributed by atoms with Crippen LogP contribution < -0.4 is 14.4 Å². The molecule has 25 heavy (non-hydrogen) atoms. The molecule has 2 atom stereocenters. The number of methoxy groups -OCH3 is 2. The number of carboxylic acid groups (broad SMARTS) is 1. The summed E-state index contributed by atoms with van der Waals surface area (Å²) in [5.41, 5.74) is 0.637. The van der Waals surface area contributed by atoms with Gasteiger partial charge in [0.15, 0.2) is 11.5 Å². The molecule has 1 aliphatic rings. The van der Waals surface area contributed by atoms with Crippen LogP contribution in [-0.2, 0) is 4.79 Å². The molecule has 1 aromatic heterocycles. The van der Waals surface area contributed by atoms with Crippen molar-refractivity contribution in [3.8, 4) is 22.9 Å². The molecule has 1 aromatic carbocycles. The molecule has 0 amide bonds. The van der Waals surface area contributed by atoms with E-state index in [4.69, 9.17) is 19.1 Å². The van der Waals surface area contributed by atoms with E-state index in [2.05, 4.69) is 10.1 Å². The van der Waals surface area contributed by atoms with Crippen molar-refractivity contribution in [3.63, 3.8) is 0 Å². The van der Waals surface area contributed by atoms with Crippen molar-refractivity contribution in [2.75, 3.05) is 25.7 Å². The fourth-order valence-corrected chi connectivity index (χ4v) is 2.91. The number of hydrogen-bond acceptors (Lipinski definition) is 7. The third kappa shape index (κ3) is 3.49. The van der Waals surface area contributed by atoms with E-state index in [9.17, 15) is 9.18 Å². The number of aromatic nitrogens is 2. The minimum atomic E-state index is -1.12. The Labute approximate surface area is 143 Å². The SMILES string of the molecule is COc1ccc(-c2noc(N3C[C@@H](F)C[C@H]3CC(=O)O)n2)cc1OC. The molecule has 2 aromatic rings. The molecule has 0 saturated carbocycles. The van der Waals surface area contributed by atoms with Gasteiger partial charge in [0, 0.05) is 18.0 Å². The Morgan fingerprint density at radius 1 is 1.40 bits per heavy atom. The lowest BCUT2D eigenvalue weighted by atomic mass is 10.1. The first-order valence-electron chi connectivity index (χ1n) is 7.70. The standard InChI is InChI=1S/C16H18FN3O5/c1-23-12-4-3-9(5-13(12)24-2)15-18-16(25-19-15)20-8-10(17)6-11(20)7-14(21)22/h3-5,10-11H,6-8H2,1-2H3,(H,21,22)/t10-,11-/m0/s1. The van der Waals surface area contributed by atoms with Crippen molar-refractivity contribution in [3.05, 3.63) is 18.2 Å². The van der Waals surface area contributed by atoms with Gasteiger partial charge in [-0.3, -0.25) is 4.79 Å². The van der Waals surface area contributed by atoms with Gasteiger partial charge in [0.2, 0.25) is 5.82 Å². The van der Waals surface area contributed by atoms with Crippen molar-refractivity contribution >= 4 is 12.0 Å². The van der Waals surface area contributed by atoms with Crippen LogP contribution in [0.5, 0.6) is 11.5 Å². The molecule has 0 aliphatic carbocycles. The van der Waals surface area contributed by atoms with Crippen molar-refractivity contribution in [1.82, 2.24) is 10.1 Å². The number of rotatable bonds is 6. The number of carbonyl (C=O) groups is 1. The number of nitrogens with zero attached hydrogens (tertiary/aromatic N) is 3. The number of benzene rings is 1. The van der Waals surface area contributed by atoms with Gasteiger partial charge in [-0.15, -0.1) is 0 Å². The summed E-state index contributed by atoms with van der Waals surface area (Å²) in [6.07, 6.45) is -1.18. The Morgan fingerprint density at radius 2 is 2.16 bits per heavy atom. The average molecular weight is 351 g/mol. The fraction of sp³-hybridized carbons (Fsp3) is 0.438. The van der Waals surface area contributed by atoms with Gasteiger partial charge in [0.25, 0.3) is 0 Å². The van der Waals surface area contributed by atoms with Gasteiger partial charge in [-0.2, -0.15) is 4.98 Å². The maximum absolute atomic E-state index is 13.7. The van der Waals surface area contributed by atoms with Crippen LogP contribution in [0.1, 0.15) is 12.8 Å². The largest absolute Gasteiger partial charge is 0.493 e. The van der Waals surface area contributed by atoms with E-state index >= 15 is 0 Å². The zero-order valence-electron chi connectivity index (χ0n) is 13.8. The average Bonchev–Trinajstić information content (AvgIpc) is 3.20. The molecule has 3 rings (SSSR count). The fourth-order valence-electron chi connectivity index (χ4n) is 2.91. The van der Waals surface area contributed by atoms with E-state index in [1.165, 1.54) is 19.1 Å². The smallest absolute Gasteiger partial charge is 0.324 e. The van der Waals surface area contributed by atoms with Crippen molar-refractivity contribution in [2.24, 2.45) is 0 Å². The van der Waals surface area contributed by atoms with Gasteiger partial charge in [-0.25, -0.2) is 4.39 Å². The van der Waals surface area contributed by atoms with E-state index in [-0.39, 0.29) is 25.4 Å². The number of carboxylic acids is 1. The van der Waals surface area contributed by atoms with Gasteiger partial charge in [0.05, 0.1) is 27.2 Å². The van der Waals surface area contributed by atoms with E-state index in [0.29, 0.717) is 22.9 Å². The van der Waals surface area contributed by atoms with Crippen LogP contribution in [0.2, 0.25) is 0 Å². The molecule has 1 saturated heterocycles. The molecule has 0 bridgehead atoms. The lowest BCUT2D eigenvalue weighted by Gasteiger charge is -2.19. The molecule has 0 spiro atoms. The maximum Gasteiger partial charge on any atom is 0.324 e. The summed E-state index contributed by atoms with van der Waals surface area (Å²) in [5.74, 6) is 0.382. The van der Waals surface area contributed by atoms with E-state index in [1.54, 1.807) is 18.2 Å². The summed E-state index contributed by atoms with van der Waals surface area (Å²) in [5, 5.41) is 12.9. The normalized spacial score (nSPS) is 19.9. The maximum atomic E-state index is 13.7. The number of anilines is 1. The van der Waals surface area contributed by atoms with Crippen LogP contribution in [0.15, 0.2) is 22.7 Å². The van der Waals surface area contributed by atoms with Gasteiger partial charge >= 0.3 is 12.0 Å². The second-order valence-electron chi connectivity index (χ2n) is 5.71. The van der Waals surface area contributed by atoms with Crippen molar-refractivity contribution in [2.45, 2.75) is 25.1 Å². The van der Waals surface area contributed by atoms with Crippen LogP contribution in [0.3, 0.4) is 0 Å². The number of hydrogen-bond donors (Lipinski definition) is 1. The summed E-state index contributed by atoms with van der Waals surface area (Å²) in [6, 6.07) is 4.75. The third-order valence-electron chi connectivity index (χ3n) is 4.08. The zero-order chi connectivity index (χ0) is 18.0. The predicted molar refractivity (Wildman–Crippen MR) is 85.7 cm³/mol. The number of halogens is 1. The van der Waals surface area contributed by atoms with E-state index < -0.39 is 18.2 Å². The van der Waals surface area contributed by atoms with Crippen LogP contribution in [0, 0.1) is 0 Å². The predicted octanol–water partition coefficient (Wildman–Crippen LogP) is 2.15. The second kappa shape index (κ2) is 6.96. The van der Waals surface area contributed by atoms with Gasteiger partial charge in [-0.1, -0.05) is 5.16 Å². The summed E-state index contributed by atoms with van der Waals surface area (Å²) < 4.78 is 29.4.